The average Bonchev–Trinajstić information content (AvgIpc) is 3.23. The van der Waals surface area contributed by atoms with E-state index in [9.17, 15) is 4.79 Å². The van der Waals surface area contributed by atoms with Gasteiger partial charge in [0.1, 0.15) is 5.82 Å². The van der Waals surface area contributed by atoms with Crippen LogP contribution in [0.25, 0.3) is 0 Å². The highest BCUT2D eigenvalue weighted by molar-refractivity contribution is 5.73. The normalized spacial score (nSPS) is 23.2. The SMILES string of the molecule is CC(=O)N1CCN(c2ccc(Nc3ncc4c(n3)N(C3CCC(C)CC3)CC4)cc2)CC1. The molecular weight excluding hydrogens is 400 g/mol. The number of benzene rings is 1. The zero-order chi connectivity index (χ0) is 22.1. The molecule has 32 heavy (non-hydrogen) atoms. The maximum Gasteiger partial charge on any atom is 0.229 e. The number of nitrogens with zero attached hydrogens (tertiary/aromatic N) is 5. The molecule has 1 aromatic carbocycles. The first kappa shape index (κ1) is 21.0. The Kier molecular flexibility index (Phi) is 5.89. The molecule has 1 N–H and O–H groups in total. The van der Waals surface area contributed by atoms with Gasteiger partial charge in [-0.15, -0.1) is 0 Å². The topological polar surface area (TPSA) is 64.6 Å². The number of nitrogens with one attached hydrogen (secondary N) is 1. The van der Waals surface area contributed by atoms with E-state index in [2.05, 4.69) is 51.3 Å². The van der Waals surface area contributed by atoms with E-state index in [0.717, 1.165) is 56.6 Å². The molecule has 2 fully saturated rings. The van der Waals surface area contributed by atoms with Crippen LogP contribution in [0.5, 0.6) is 0 Å². The molecule has 0 atom stereocenters. The number of hydrogen-bond donors (Lipinski definition) is 1. The summed E-state index contributed by atoms with van der Waals surface area (Å²) in [7, 11) is 0. The number of carbonyl (C=O) groups excluding carboxylic acids is 1. The smallest absolute Gasteiger partial charge is 0.229 e. The van der Waals surface area contributed by atoms with Crippen LogP contribution in [-0.2, 0) is 11.2 Å². The third-order valence-electron chi connectivity index (χ3n) is 7.38. The molecule has 1 aliphatic carbocycles. The fourth-order valence-electron chi connectivity index (χ4n) is 5.30. The van der Waals surface area contributed by atoms with Gasteiger partial charge in [-0.25, -0.2) is 4.98 Å². The molecule has 5 rings (SSSR count). The number of amides is 1. The molecule has 1 saturated heterocycles. The molecule has 2 aromatic rings. The average molecular weight is 435 g/mol. The quantitative estimate of drug-likeness (QED) is 0.789. The van der Waals surface area contributed by atoms with Crippen molar-refractivity contribution < 1.29 is 4.79 Å². The van der Waals surface area contributed by atoms with E-state index >= 15 is 0 Å². The van der Waals surface area contributed by atoms with Gasteiger partial charge in [-0.3, -0.25) is 4.79 Å². The van der Waals surface area contributed by atoms with Gasteiger partial charge in [0.25, 0.3) is 0 Å². The molecule has 1 amide bonds. The molecule has 7 nitrogen and oxygen atoms in total. The molecule has 7 heteroatoms. The molecule has 1 aromatic heterocycles. The van der Waals surface area contributed by atoms with Gasteiger partial charge >= 0.3 is 0 Å². The maximum atomic E-state index is 11.5. The van der Waals surface area contributed by atoms with Crippen LogP contribution in [0.3, 0.4) is 0 Å². The fraction of sp³-hybridized carbons (Fsp3) is 0.560. The van der Waals surface area contributed by atoms with Crippen LogP contribution in [0.1, 0.15) is 45.1 Å². The molecule has 0 unspecified atom stereocenters. The van der Waals surface area contributed by atoms with E-state index < -0.39 is 0 Å². The minimum absolute atomic E-state index is 0.162. The second kappa shape index (κ2) is 8.96. The van der Waals surface area contributed by atoms with Gasteiger partial charge in [-0.2, -0.15) is 4.98 Å². The van der Waals surface area contributed by atoms with E-state index in [1.807, 2.05) is 11.1 Å². The van der Waals surface area contributed by atoms with Crippen molar-refractivity contribution in [3.63, 3.8) is 0 Å². The van der Waals surface area contributed by atoms with Gasteiger partial charge in [0, 0.05) is 68.8 Å². The Morgan fingerprint density at radius 3 is 2.41 bits per heavy atom. The number of piperazine rings is 1. The first-order valence-corrected chi connectivity index (χ1v) is 12.1. The fourth-order valence-corrected chi connectivity index (χ4v) is 5.30. The monoisotopic (exact) mass is 434 g/mol. The third kappa shape index (κ3) is 4.38. The van der Waals surface area contributed by atoms with Crippen molar-refractivity contribution in [2.24, 2.45) is 5.92 Å². The summed E-state index contributed by atoms with van der Waals surface area (Å²) in [4.78, 5) is 27.8. The Balaban J connectivity index is 1.23. The zero-order valence-corrected chi connectivity index (χ0v) is 19.3. The van der Waals surface area contributed by atoms with E-state index in [0.29, 0.717) is 12.0 Å². The van der Waals surface area contributed by atoms with Crippen LogP contribution in [0.15, 0.2) is 30.5 Å². The van der Waals surface area contributed by atoms with Gasteiger partial charge in [0.15, 0.2) is 0 Å². The lowest BCUT2D eigenvalue weighted by molar-refractivity contribution is -0.129. The lowest BCUT2D eigenvalue weighted by atomic mass is 9.87. The summed E-state index contributed by atoms with van der Waals surface area (Å²) in [6, 6.07) is 9.06. The molecule has 0 spiro atoms. The summed E-state index contributed by atoms with van der Waals surface area (Å²) in [6.07, 6.45) is 8.24. The number of rotatable bonds is 4. The predicted octanol–water partition coefficient (Wildman–Crippen LogP) is 3.83. The summed E-state index contributed by atoms with van der Waals surface area (Å²) < 4.78 is 0. The molecule has 0 bridgehead atoms. The van der Waals surface area contributed by atoms with E-state index in [-0.39, 0.29) is 5.91 Å². The summed E-state index contributed by atoms with van der Waals surface area (Å²) >= 11 is 0. The Hall–Kier alpha value is -2.83. The van der Waals surface area contributed by atoms with Crippen molar-refractivity contribution in [1.29, 1.82) is 0 Å². The van der Waals surface area contributed by atoms with Crippen LogP contribution in [0.4, 0.5) is 23.1 Å². The molecule has 3 heterocycles. The zero-order valence-electron chi connectivity index (χ0n) is 19.3. The van der Waals surface area contributed by atoms with Crippen molar-refractivity contribution in [2.45, 2.75) is 52.0 Å². The summed E-state index contributed by atoms with van der Waals surface area (Å²) in [5.74, 6) is 2.82. The Morgan fingerprint density at radius 1 is 1.00 bits per heavy atom. The standard InChI is InChI=1S/C25H34N6O/c1-18-3-7-23(8-4-18)31-12-11-20-17-26-25(28-24(20)31)27-21-5-9-22(10-6-21)30-15-13-29(14-16-30)19(2)32/h5-6,9-10,17-18,23H,3-4,7-8,11-16H2,1-2H3,(H,26,27,28). The molecule has 1 saturated carbocycles. The summed E-state index contributed by atoms with van der Waals surface area (Å²) in [6.45, 7) is 8.40. The van der Waals surface area contributed by atoms with Gasteiger partial charge < -0.3 is 20.0 Å². The van der Waals surface area contributed by atoms with Crippen LogP contribution >= 0.6 is 0 Å². The van der Waals surface area contributed by atoms with Crippen LogP contribution < -0.4 is 15.1 Å². The number of aromatic nitrogens is 2. The highest BCUT2D eigenvalue weighted by atomic mass is 16.2. The molecule has 2 aliphatic heterocycles. The minimum atomic E-state index is 0.162. The first-order valence-electron chi connectivity index (χ1n) is 12.1. The van der Waals surface area contributed by atoms with Gasteiger partial charge in [0.05, 0.1) is 0 Å². The highest BCUT2D eigenvalue weighted by Gasteiger charge is 2.30. The Morgan fingerprint density at radius 2 is 1.72 bits per heavy atom. The number of anilines is 4. The summed E-state index contributed by atoms with van der Waals surface area (Å²) in [5.41, 5.74) is 3.45. The Bertz CT molecular complexity index is 945. The van der Waals surface area contributed by atoms with Gasteiger partial charge in [-0.1, -0.05) is 6.92 Å². The number of fused-ring (bicyclic) bond motifs is 1. The minimum Gasteiger partial charge on any atom is -0.368 e. The largest absolute Gasteiger partial charge is 0.368 e. The number of carbonyl (C=O) groups is 1. The van der Waals surface area contributed by atoms with Gasteiger partial charge in [-0.05, 0) is 62.3 Å². The van der Waals surface area contributed by atoms with Crippen LogP contribution in [0.2, 0.25) is 0 Å². The van der Waals surface area contributed by atoms with Crippen molar-refractivity contribution in [1.82, 2.24) is 14.9 Å². The van der Waals surface area contributed by atoms with Crippen molar-refractivity contribution in [2.75, 3.05) is 47.8 Å². The molecule has 3 aliphatic rings. The van der Waals surface area contributed by atoms with Crippen molar-refractivity contribution >= 4 is 29.0 Å². The second-order valence-electron chi connectivity index (χ2n) is 9.56. The summed E-state index contributed by atoms with van der Waals surface area (Å²) in [5, 5.41) is 3.40. The van der Waals surface area contributed by atoms with E-state index in [4.69, 9.17) is 4.98 Å². The third-order valence-corrected chi connectivity index (χ3v) is 7.38. The van der Waals surface area contributed by atoms with E-state index in [1.165, 1.54) is 36.9 Å². The predicted molar refractivity (Wildman–Crippen MR) is 129 cm³/mol. The highest BCUT2D eigenvalue weighted by Crippen LogP contribution is 2.35. The van der Waals surface area contributed by atoms with Crippen molar-refractivity contribution in [3.8, 4) is 0 Å². The maximum absolute atomic E-state index is 11.5. The van der Waals surface area contributed by atoms with Crippen LogP contribution in [-0.4, -0.2) is 59.5 Å². The molecule has 0 radical (unpaired) electrons. The number of hydrogen-bond acceptors (Lipinski definition) is 6. The lowest BCUT2D eigenvalue weighted by Gasteiger charge is -2.35. The molecular formula is C25H34N6O. The van der Waals surface area contributed by atoms with Crippen molar-refractivity contribution in [3.05, 3.63) is 36.0 Å². The lowest BCUT2D eigenvalue weighted by Crippen LogP contribution is -2.48. The Labute approximate surface area is 190 Å². The van der Waals surface area contributed by atoms with Crippen LogP contribution in [0, 0.1) is 5.92 Å². The van der Waals surface area contributed by atoms with E-state index in [1.54, 1.807) is 6.92 Å². The second-order valence-corrected chi connectivity index (χ2v) is 9.56. The first-order chi connectivity index (χ1) is 15.6. The van der Waals surface area contributed by atoms with Gasteiger partial charge in [0.2, 0.25) is 11.9 Å². The molecule has 170 valence electrons.